The summed E-state index contributed by atoms with van der Waals surface area (Å²) in [6.45, 7) is 1.000. The van der Waals surface area contributed by atoms with Crippen molar-refractivity contribution >= 4 is 17.6 Å². The number of likely N-dealkylation sites (tertiary alicyclic amines) is 1. The van der Waals surface area contributed by atoms with Crippen LogP contribution in [0.2, 0.25) is 0 Å². The van der Waals surface area contributed by atoms with Crippen molar-refractivity contribution in [1.29, 1.82) is 0 Å². The molecule has 1 aliphatic rings. The maximum absolute atomic E-state index is 16.0. The SMILES string of the molecule is O=C(O)N1CCCC(Nc2nc(-c3cnc4ccc(F)cn34)nc(-c3ccc(OCc4ccccc4)cc3)c2F)C1. The van der Waals surface area contributed by atoms with Gasteiger partial charge in [-0.1, -0.05) is 30.3 Å². The first kappa shape index (κ1) is 26.2. The number of aromatic nitrogens is 4. The maximum atomic E-state index is 16.0. The number of imidazole rings is 1. The van der Waals surface area contributed by atoms with Crippen molar-refractivity contribution in [1.82, 2.24) is 24.3 Å². The zero-order chi connectivity index (χ0) is 28.3. The number of amides is 1. The normalized spacial score (nSPS) is 15.2. The van der Waals surface area contributed by atoms with Crippen molar-refractivity contribution in [2.45, 2.75) is 25.5 Å². The highest BCUT2D eigenvalue weighted by Gasteiger charge is 2.26. The Morgan fingerprint density at radius 3 is 2.63 bits per heavy atom. The van der Waals surface area contributed by atoms with E-state index in [0.29, 0.717) is 48.6 Å². The van der Waals surface area contributed by atoms with E-state index in [1.807, 2.05) is 30.3 Å². The van der Waals surface area contributed by atoms with Gasteiger partial charge in [0.05, 0.1) is 6.20 Å². The number of anilines is 1. The maximum Gasteiger partial charge on any atom is 0.407 e. The largest absolute Gasteiger partial charge is 0.489 e. The van der Waals surface area contributed by atoms with Gasteiger partial charge in [0.25, 0.3) is 0 Å². The van der Waals surface area contributed by atoms with E-state index in [2.05, 4.69) is 20.3 Å². The van der Waals surface area contributed by atoms with Crippen molar-refractivity contribution in [3.8, 4) is 28.5 Å². The molecule has 6 rings (SSSR count). The van der Waals surface area contributed by atoms with Gasteiger partial charge < -0.3 is 20.1 Å². The van der Waals surface area contributed by atoms with Crippen LogP contribution in [0.25, 0.3) is 28.4 Å². The molecule has 2 N–H and O–H groups in total. The number of pyridine rings is 1. The molecule has 9 nitrogen and oxygen atoms in total. The van der Waals surface area contributed by atoms with Gasteiger partial charge in [0, 0.05) is 30.9 Å². The lowest BCUT2D eigenvalue weighted by Gasteiger charge is -2.31. The van der Waals surface area contributed by atoms with Crippen LogP contribution < -0.4 is 10.1 Å². The molecule has 1 aliphatic heterocycles. The first-order chi connectivity index (χ1) is 19.9. The second-order valence-electron chi connectivity index (χ2n) is 9.79. The highest BCUT2D eigenvalue weighted by atomic mass is 19.1. The second-order valence-corrected chi connectivity index (χ2v) is 9.79. The zero-order valence-electron chi connectivity index (χ0n) is 21.9. The summed E-state index contributed by atoms with van der Waals surface area (Å²) >= 11 is 0. The molecule has 0 saturated carbocycles. The molecule has 0 spiro atoms. The number of nitrogens with zero attached hydrogens (tertiary/aromatic N) is 5. The summed E-state index contributed by atoms with van der Waals surface area (Å²) in [7, 11) is 0. The Bertz CT molecular complexity index is 1690. The van der Waals surface area contributed by atoms with Crippen molar-refractivity contribution in [2.75, 3.05) is 18.4 Å². The van der Waals surface area contributed by atoms with E-state index in [1.54, 1.807) is 24.3 Å². The van der Waals surface area contributed by atoms with Gasteiger partial charge in [0.15, 0.2) is 17.5 Å². The number of piperidine rings is 1. The van der Waals surface area contributed by atoms with E-state index < -0.39 is 17.7 Å². The number of hydrogen-bond donors (Lipinski definition) is 2. The lowest BCUT2D eigenvalue weighted by atomic mass is 10.1. The van der Waals surface area contributed by atoms with Gasteiger partial charge >= 0.3 is 6.09 Å². The van der Waals surface area contributed by atoms with Crippen LogP contribution in [0.3, 0.4) is 0 Å². The van der Waals surface area contributed by atoms with Crippen LogP contribution in [0.4, 0.5) is 19.4 Å². The summed E-state index contributed by atoms with van der Waals surface area (Å²) in [4.78, 5) is 26.1. The number of hydrogen-bond acceptors (Lipinski definition) is 6. The Morgan fingerprint density at radius 2 is 1.85 bits per heavy atom. The standard InChI is InChI=1S/C30H26F2N6O3/c31-21-10-13-25-33-15-24(38(25)16-21)28-35-27(20-8-11-23(12-9-20)41-18-19-5-2-1-3-6-19)26(32)29(36-28)34-22-7-4-14-37(17-22)30(39)40/h1-3,5-6,8-13,15-16,22H,4,7,14,17-18H2,(H,39,40)(H,34,35,36). The van der Waals surface area contributed by atoms with Crippen LogP contribution in [0, 0.1) is 11.6 Å². The molecule has 1 unspecified atom stereocenters. The average molecular weight is 557 g/mol. The quantitative estimate of drug-likeness (QED) is 0.258. The van der Waals surface area contributed by atoms with Crippen LogP contribution in [-0.4, -0.2) is 54.6 Å². The zero-order valence-corrected chi connectivity index (χ0v) is 21.9. The minimum absolute atomic E-state index is 0.0318. The van der Waals surface area contributed by atoms with Crippen LogP contribution in [-0.2, 0) is 6.61 Å². The molecule has 1 amide bonds. The third kappa shape index (κ3) is 5.65. The number of fused-ring (bicyclic) bond motifs is 1. The third-order valence-corrected chi connectivity index (χ3v) is 6.96. The molecule has 3 aromatic heterocycles. The first-order valence-electron chi connectivity index (χ1n) is 13.2. The molecule has 0 bridgehead atoms. The minimum atomic E-state index is -1.02. The second kappa shape index (κ2) is 11.2. The van der Waals surface area contributed by atoms with Crippen molar-refractivity contribution in [2.24, 2.45) is 0 Å². The summed E-state index contributed by atoms with van der Waals surface area (Å²) in [6.07, 6.45) is 3.02. The van der Waals surface area contributed by atoms with Crippen molar-refractivity contribution in [3.63, 3.8) is 0 Å². The van der Waals surface area contributed by atoms with Crippen LogP contribution in [0.15, 0.2) is 79.1 Å². The lowest BCUT2D eigenvalue weighted by molar-refractivity contribution is 0.132. The van der Waals surface area contributed by atoms with Gasteiger partial charge in [0.2, 0.25) is 0 Å². The predicted molar refractivity (Wildman–Crippen MR) is 149 cm³/mol. The Kier molecular flexibility index (Phi) is 7.15. The van der Waals surface area contributed by atoms with Gasteiger partial charge in [-0.05, 0) is 54.8 Å². The molecule has 4 heterocycles. The Morgan fingerprint density at radius 1 is 1.05 bits per heavy atom. The fourth-order valence-corrected chi connectivity index (χ4v) is 4.88. The van der Waals surface area contributed by atoms with Gasteiger partial charge in [-0.15, -0.1) is 0 Å². The van der Waals surface area contributed by atoms with Crippen molar-refractivity contribution < 1.29 is 23.4 Å². The fraction of sp³-hybridized carbons (Fsp3) is 0.200. The highest BCUT2D eigenvalue weighted by molar-refractivity contribution is 5.69. The smallest absolute Gasteiger partial charge is 0.407 e. The molecule has 0 radical (unpaired) electrons. The van der Waals surface area contributed by atoms with Crippen LogP contribution in [0.1, 0.15) is 18.4 Å². The topological polar surface area (TPSA) is 105 Å². The molecule has 2 aromatic carbocycles. The van der Waals surface area contributed by atoms with E-state index >= 15 is 4.39 Å². The van der Waals surface area contributed by atoms with Crippen LogP contribution in [0.5, 0.6) is 5.75 Å². The third-order valence-electron chi connectivity index (χ3n) is 6.96. The summed E-state index contributed by atoms with van der Waals surface area (Å²) < 4.78 is 37.5. The van der Waals surface area contributed by atoms with Crippen molar-refractivity contribution in [3.05, 3.63) is 96.3 Å². The number of halogens is 2. The molecular weight excluding hydrogens is 530 g/mol. The van der Waals surface area contributed by atoms with Gasteiger partial charge in [-0.3, -0.25) is 4.40 Å². The molecule has 208 valence electrons. The average Bonchev–Trinajstić information content (AvgIpc) is 3.41. The number of nitrogens with one attached hydrogen (secondary N) is 1. The van der Waals surface area contributed by atoms with E-state index in [0.717, 1.165) is 5.56 Å². The molecule has 1 saturated heterocycles. The summed E-state index contributed by atoms with van der Waals surface area (Å²) in [5.41, 5.74) is 2.39. The number of carboxylic acid groups (broad SMARTS) is 1. The van der Waals surface area contributed by atoms with Gasteiger partial charge in [-0.25, -0.2) is 28.5 Å². The van der Waals surface area contributed by atoms with E-state index in [9.17, 15) is 14.3 Å². The Hall–Kier alpha value is -5.06. The number of rotatable bonds is 7. The van der Waals surface area contributed by atoms with E-state index in [4.69, 9.17) is 4.74 Å². The summed E-state index contributed by atoms with van der Waals surface area (Å²) in [5.74, 6) is -0.479. The molecule has 11 heteroatoms. The first-order valence-corrected chi connectivity index (χ1v) is 13.2. The summed E-state index contributed by atoms with van der Waals surface area (Å²) in [6, 6.07) is 19.1. The Balaban J connectivity index is 1.36. The molecular formula is C30H26F2N6O3. The molecule has 5 aromatic rings. The fourth-order valence-electron chi connectivity index (χ4n) is 4.88. The molecule has 1 fully saturated rings. The van der Waals surface area contributed by atoms with E-state index in [-0.39, 0.29) is 29.9 Å². The Labute approximate surface area is 234 Å². The molecule has 41 heavy (non-hydrogen) atoms. The molecule has 0 aliphatic carbocycles. The predicted octanol–water partition coefficient (Wildman–Crippen LogP) is 5.87. The lowest BCUT2D eigenvalue weighted by Crippen LogP contribution is -2.44. The monoisotopic (exact) mass is 556 g/mol. The van der Waals surface area contributed by atoms with Gasteiger partial charge in [-0.2, -0.15) is 0 Å². The van der Waals surface area contributed by atoms with Crippen LogP contribution >= 0.6 is 0 Å². The van der Waals surface area contributed by atoms with E-state index in [1.165, 1.54) is 33.8 Å². The van der Waals surface area contributed by atoms with Gasteiger partial charge in [0.1, 0.15) is 35.2 Å². The number of carbonyl (C=O) groups is 1. The molecule has 1 atom stereocenters. The highest BCUT2D eigenvalue weighted by Crippen LogP contribution is 2.31. The minimum Gasteiger partial charge on any atom is -0.489 e. The number of benzene rings is 2. The number of ether oxygens (including phenoxy) is 1. The summed E-state index contributed by atoms with van der Waals surface area (Å²) in [5, 5.41) is 12.5.